The van der Waals surface area contributed by atoms with Crippen LogP contribution in [0.25, 0.3) is 0 Å². The predicted molar refractivity (Wildman–Crippen MR) is 76.7 cm³/mol. The zero-order chi connectivity index (χ0) is 15.7. The Balaban J connectivity index is 1.87. The number of nitrogens with one attached hydrogen (secondary N) is 1. The fourth-order valence-corrected chi connectivity index (χ4v) is 2.67. The highest BCUT2D eigenvalue weighted by atomic mass is 16.6. The maximum Gasteiger partial charge on any atom is 0.319 e. The van der Waals surface area contributed by atoms with Crippen molar-refractivity contribution in [3.63, 3.8) is 0 Å². The van der Waals surface area contributed by atoms with Crippen molar-refractivity contribution < 1.29 is 14.5 Å². The van der Waals surface area contributed by atoms with Gasteiger partial charge < -0.3 is 9.64 Å². The number of carbonyl (C=O) groups is 1. The van der Waals surface area contributed by atoms with E-state index in [0.29, 0.717) is 19.5 Å². The topological polar surface area (TPSA) is 101 Å². The zero-order valence-electron chi connectivity index (χ0n) is 11.9. The molecule has 0 saturated heterocycles. The summed E-state index contributed by atoms with van der Waals surface area (Å²) in [5, 5.41) is 16.9. The van der Waals surface area contributed by atoms with Gasteiger partial charge in [-0.1, -0.05) is 12.1 Å². The molecule has 1 N–H and O–H groups in total. The SMILES string of the molecule is COc1cccc2c1CCN(C(=O)c1[nH]ncc1[N+](=O)[O-])C2. The van der Waals surface area contributed by atoms with Gasteiger partial charge in [0.25, 0.3) is 5.91 Å². The van der Waals surface area contributed by atoms with Crippen LogP contribution in [0.2, 0.25) is 0 Å². The maximum atomic E-state index is 12.5. The highest BCUT2D eigenvalue weighted by molar-refractivity contribution is 5.96. The molecular formula is C14H14N4O4. The first-order valence-electron chi connectivity index (χ1n) is 6.73. The number of amides is 1. The van der Waals surface area contributed by atoms with E-state index in [2.05, 4.69) is 10.2 Å². The lowest BCUT2D eigenvalue weighted by atomic mass is 9.98. The number of ether oxygens (including phenoxy) is 1. The average molecular weight is 302 g/mol. The number of H-pyrrole nitrogens is 1. The number of fused-ring (bicyclic) bond motifs is 1. The monoisotopic (exact) mass is 302 g/mol. The van der Waals surface area contributed by atoms with E-state index in [-0.39, 0.29) is 11.4 Å². The van der Waals surface area contributed by atoms with E-state index in [9.17, 15) is 14.9 Å². The van der Waals surface area contributed by atoms with Crippen LogP contribution in [0.5, 0.6) is 5.75 Å². The molecule has 3 rings (SSSR count). The van der Waals surface area contributed by atoms with Crippen LogP contribution in [-0.4, -0.2) is 39.6 Å². The van der Waals surface area contributed by atoms with E-state index in [1.807, 2.05) is 18.2 Å². The number of aromatic nitrogens is 2. The van der Waals surface area contributed by atoms with Crippen LogP contribution in [0.3, 0.4) is 0 Å². The number of aromatic amines is 1. The van der Waals surface area contributed by atoms with E-state index in [0.717, 1.165) is 23.1 Å². The van der Waals surface area contributed by atoms with E-state index >= 15 is 0 Å². The van der Waals surface area contributed by atoms with Gasteiger partial charge in [-0.15, -0.1) is 0 Å². The number of carbonyl (C=O) groups excluding carboxylic acids is 1. The standard InChI is InChI=1S/C14H14N4O4/c1-22-12-4-2-3-9-8-17(6-5-10(9)12)14(19)13-11(18(20)21)7-15-16-13/h2-4,7H,5-6,8H2,1H3,(H,15,16). The van der Waals surface area contributed by atoms with Crippen LogP contribution in [0.1, 0.15) is 21.6 Å². The lowest BCUT2D eigenvalue weighted by Gasteiger charge is -2.29. The Morgan fingerprint density at radius 3 is 3.05 bits per heavy atom. The molecule has 1 aromatic carbocycles. The fraction of sp³-hybridized carbons (Fsp3) is 0.286. The van der Waals surface area contributed by atoms with Gasteiger partial charge in [-0.25, -0.2) is 0 Å². The molecule has 0 atom stereocenters. The largest absolute Gasteiger partial charge is 0.496 e. The Morgan fingerprint density at radius 1 is 1.50 bits per heavy atom. The van der Waals surface area contributed by atoms with Gasteiger partial charge in [-0.3, -0.25) is 20.0 Å². The van der Waals surface area contributed by atoms with Crippen molar-refractivity contribution in [1.82, 2.24) is 15.1 Å². The lowest BCUT2D eigenvalue weighted by molar-refractivity contribution is -0.385. The minimum atomic E-state index is -0.613. The molecule has 1 aromatic heterocycles. The number of rotatable bonds is 3. The van der Waals surface area contributed by atoms with Gasteiger partial charge in [0.1, 0.15) is 11.9 Å². The van der Waals surface area contributed by atoms with Crippen molar-refractivity contribution in [1.29, 1.82) is 0 Å². The minimum absolute atomic E-state index is 0.0867. The highest BCUT2D eigenvalue weighted by Gasteiger charge is 2.30. The first-order valence-corrected chi connectivity index (χ1v) is 6.73. The summed E-state index contributed by atoms with van der Waals surface area (Å²) < 4.78 is 5.32. The number of hydrogen-bond donors (Lipinski definition) is 1. The highest BCUT2D eigenvalue weighted by Crippen LogP contribution is 2.29. The van der Waals surface area contributed by atoms with Crippen molar-refractivity contribution in [3.8, 4) is 5.75 Å². The second-order valence-electron chi connectivity index (χ2n) is 4.96. The average Bonchev–Trinajstić information content (AvgIpc) is 3.02. The van der Waals surface area contributed by atoms with Crippen molar-refractivity contribution in [2.24, 2.45) is 0 Å². The Kier molecular flexibility index (Phi) is 3.50. The summed E-state index contributed by atoms with van der Waals surface area (Å²) in [7, 11) is 1.61. The molecule has 0 fully saturated rings. The van der Waals surface area contributed by atoms with Gasteiger partial charge in [-0.05, 0) is 18.1 Å². The van der Waals surface area contributed by atoms with Crippen molar-refractivity contribution in [2.75, 3.05) is 13.7 Å². The molecule has 0 bridgehead atoms. The summed E-state index contributed by atoms with van der Waals surface area (Å²) in [6, 6.07) is 5.68. The molecule has 1 aliphatic rings. The summed E-state index contributed by atoms with van der Waals surface area (Å²) in [5.41, 5.74) is 1.67. The summed E-state index contributed by atoms with van der Waals surface area (Å²) in [6.07, 6.45) is 1.70. The maximum absolute atomic E-state index is 12.5. The molecule has 2 heterocycles. The number of methoxy groups -OCH3 is 1. The Labute approximate surface area is 125 Å². The smallest absolute Gasteiger partial charge is 0.319 e. The minimum Gasteiger partial charge on any atom is -0.496 e. The molecule has 22 heavy (non-hydrogen) atoms. The van der Waals surface area contributed by atoms with Crippen LogP contribution in [0, 0.1) is 10.1 Å². The summed E-state index contributed by atoms with van der Waals surface area (Å²) in [5.74, 6) is 0.384. The quantitative estimate of drug-likeness (QED) is 0.684. The van der Waals surface area contributed by atoms with Crippen molar-refractivity contribution in [2.45, 2.75) is 13.0 Å². The van der Waals surface area contributed by atoms with Gasteiger partial charge in [0, 0.05) is 18.7 Å². The van der Waals surface area contributed by atoms with Crippen LogP contribution < -0.4 is 4.74 Å². The van der Waals surface area contributed by atoms with Gasteiger partial charge >= 0.3 is 5.69 Å². The Hall–Kier alpha value is -2.90. The van der Waals surface area contributed by atoms with Crippen LogP contribution >= 0.6 is 0 Å². The molecule has 0 spiro atoms. The molecule has 0 radical (unpaired) electrons. The first-order chi connectivity index (χ1) is 10.6. The van der Waals surface area contributed by atoms with Gasteiger partial charge in [0.15, 0.2) is 0 Å². The van der Waals surface area contributed by atoms with E-state index < -0.39 is 10.8 Å². The van der Waals surface area contributed by atoms with Gasteiger partial charge in [-0.2, -0.15) is 5.10 Å². The van der Waals surface area contributed by atoms with Gasteiger partial charge in [0.05, 0.1) is 12.0 Å². The molecule has 0 unspecified atom stereocenters. The summed E-state index contributed by atoms with van der Waals surface area (Å²) in [4.78, 5) is 24.3. The molecule has 114 valence electrons. The summed E-state index contributed by atoms with van der Waals surface area (Å²) >= 11 is 0. The van der Waals surface area contributed by atoms with Crippen LogP contribution in [0.4, 0.5) is 5.69 Å². The molecule has 8 heteroatoms. The van der Waals surface area contributed by atoms with Crippen molar-refractivity contribution >= 4 is 11.6 Å². The molecular weight excluding hydrogens is 288 g/mol. The number of nitro groups is 1. The molecule has 1 aliphatic heterocycles. The van der Waals surface area contributed by atoms with Crippen LogP contribution in [0.15, 0.2) is 24.4 Å². The Morgan fingerprint density at radius 2 is 2.32 bits per heavy atom. The van der Waals surface area contributed by atoms with Crippen LogP contribution in [-0.2, 0) is 13.0 Å². The van der Waals surface area contributed by atoms with E-state index in [1.54, 1.807) is 12.0 Å². The van der Waals surface area contributed by atoms with E-state index in [1.165, 1.54) is 0 Å². The first kappa shape index (κ1) is 14.1. The molecule has 0 aliphatic carbocycles. The third kappa shape index (κ3) is 2.28. The van der Waals surface area contributed by atoms with E-state index in [4.69, 9.17) is 4.74 Å². The van der Waals surface area contributed by atoms with Gasteiger partial charge in [0.2, 0.25) is 5.69 Å². The molecule has 0 saturated carbocycles. The summed E-state index contributed by atoms with van der Waals surface area (Å²) in [6.45, 7) is 0.865. The number of benzene rings is 1. The third-order valence-electron chi connectivity index (χ3n) is 3.76. The zero-order valence-corrected chi connectivity index (χ0v) is 11.9. The molecule has 8 nitrogen and oxygen atoms in total. The molecule has 1 amide bonds. The second-order valence-corrected chi connectivity index (χ2v) is 4.96. The number of hydrogen-bond acceptors (Lipinski definition) is 5. The lowest BCUT2D eigenvalue weighted by Crippen LogP contribution is -2.36. The predicted octanol–water partition coefficient (Wildman–Crippen LogP) is 1.52. The molecule has 2 aromatic rings. The number of nitrogens with zero attached hydrogens (tertiary/aromatic N) is 3. The van der Waals surface area contributed by atoms with Crippen molar-refractivity contribution in [3.05, 3.63) is 51.3 Å². The third-order valence-corrected chi connectivity index (χ3v) is 3.76. The Bertz CT molecular complexity index is 740. The normalized spacial score (nSPS) is 13.6. The fourth-order valence-electron chi connectivity index (χ4n) is 2.67. The second kappa shape index (κ2) is 5.47.